The lowest BCUT2D eigenvalue weighted by Crippen LogP contribution is -2.34. The van der Waals surface area contributed by atoms with E-state index >= 15 is 0 Å². The van der Waals surface area contributed by atoms with Gasteiger partial charge in [0.15, 0.2) is 0 Å². The molecule has 0 amide bonds. The number of rotatable bonds is 6. The number of hydrogen-bond acceptors (Lipinski definition) is 5. The highest BCUT2D eigenvalue weighted by molar-refractivity contribution is 5.91. The molecule has 112 valence electrons. The Kier molecular flexibility index (Phi) is 5.27. The van der Waals surface area contributed by atoms with E-state index in [0.717, 1.165) is 5.56 Å². The van der Waals surface area contributed by atoms with Gasteiger partial charge in [-0.15, -0.1) is 0 Å². The minimum Gasteiger partial charge on any atom is -0.465 e. The summed E-state index contributed by atoms with van der Waals surface area (Å²) in [6.45, 7) is 0.313. The van der Waals surface area contributed by atoms with Gasteiger partial charge in [-0.05, 0) is 17.7 Å². The molecular weight excluding hydrogens is 272 g/mol. The van der Waals surface area contributed by atoms with Crippen molar-refractivity contribution in [1.82, 2.24) is 0 Å². The van der Waals surface area contributed by atoms with Crippen LogP contribution in [0.2, 0.25) is 0 Å². The SMILES string of the molecule is COC(=O)C1=CCC(OC)(OOCc2ccccc2)C=C1. The van der Waals surface area contributed by atoms with Crippen LogP contribution in [-0.4, -0.2) is 26.0 Å². The van der Waals surface area contributed by atoms with Crippen LogP contribution >= 0.6 is 0 Å². The van der Waals surface area contributed by atoms with Gasteiger partial charge in [0.2, 0.25) is 5.79 Å². The summed E-state index contributed by atoms with van der Waals surface area (Å²) < 4.78 is 10.0. The summed E-state index contributed by atoms with van der Waals surface area (Å²) in [4.78, 5) is 22.0. The van der Waals surface area contributed by atoms with E-state index in [1.807, 2.05) is 30.3 Å². The zero-order chi connectivity index (χ0) is 15.1. The fourth-order valence-electron chi connectivity index (χ4n) is 1.89. The summed E-state index contributed by atoms with van der Waals surface area (Å²) in [5.41, 5.74) is 1.46. The van der Waals surface area contributed by atoms with Gasteiger partial charge >= 0.3 is 5.97 Å². The van der Waals surface area contributed by atoms with E-state index in [1.54, 1.807) is 18.2 Å². The van der Waals surface area contributed by atoms with Crippen molar-refractivity contribution in [3.8, 4) is 0 Å². The molecule has 21 heavy (non-hydrogen) atoms. The molecule has 5 heteroatoms. The van der Waals surface area contributed by atoms with Gasteiger partial charge in [0, 0.05) is 13.5 Å². The molecule has 0 aliphatic heterocycles. The second-order valence-electron chi connectivity index (χ2n) is 4.54. The number of carbonyl (C=O) groups is 1. The summed E-state index contributed by atoms with van der Waals surface area (Å²) in [7, 11) is 2.86. The number of benzene rings is 1. The summed E-state index contributed by atoms with van der Waals surface area (Å²) in [6.07, 6.45) is 5.30. The van der Waals surface area contributed by atoms with Crippen LogP contribution in [-0.2, 0) is 30.7 Å². The van der Waals surface area contributed by atoms with Gasteiger partial charge in [-0.3, -0.25) is 0 Å². The Labute approximate surface area is 123 Å². The van der Waals surface area contributed by atoms with E-state index in [1.165, 1.54) is 14.2 Å². The molecular formula is C16H18O5. The van der Waals surface area contributed by atoms with Crippen molar-refractivity contribution in [3.05, 3.63) is 59.7 Å². The van der Waals surface area contributed by atoms with Crippen molar-refractivity contribution in [2.75, 3.05) is 14.2 Å². The normalized spacial score (nSPS) is 21.0. The van der Waals surface area contributed by atoms with Crippen LogP contribution in [0.3, 0.4) is 0 Å². The first kappa shape index (κ1) is 15.4. The highest BCUT2D eigenvalue weighted by Gasteiger charge is 2.32. The molecule has 1 aromatic carbocycles. The predicted octanol–water partition coefficient (Wildman–Crippen LogP) is 2.54. The molecule has 0 bridgehead atoms. The number of methoxy groups -OCH3 is 2. The Balaban J connectivity index is 1.91. The zero-order valence-electron chi connectivity index (χ0n) is 12.1. The van der Waals surface area contributed by atoms with Crippen LogP contribution in [0, 0.1) is 0 Å². The van der Waals surface area contributed by atoms with Crippen LogP contribution in [0.1, 0.15) is 12.0 Å². The second-order valence-corrected chi connectivity index (χ2v) is 4.54. The second kappa shape index (κ2) is 7.17. The summed E-state index contributed by atoms with van der Waals surface area (Å²) in [5.74, 6) is -1.41. The monoisotopic (exact) mass is 290 g/mol. The van der Waals surface area contributed by atoms with Crippen molar-refractivity contribution < 1.29 is 24.0 Å². The summed E-state index contributed by atoms with van der Waals surface area (Å²) in [5, 5.41) is 0. The molecule has 1 atom stereocenters. The Bertz CT molecular complexity index is 535. The van der Waals surface area contributed by atoms with Crippen molar-refractivity contribution in [3.63, 3.8) is 0 Å². The van der Waals surface area contributed by atoms with Crippen molar-refractivity contribution >= 4 is 5.97 Å². The van der Waals surface area contributed by atoms with Gasteiger partial charge < -0.3 is 9.47 Å². The lowest BCUT2D eigenvalue weighted by atomic mass is 10.0. The van der Waals surface area contributed by atoms with Gasteiger partial charge in [0.1, 0.15) is 6.61 Å². The molecule has 1 unspecified atom stereocenters. The molecule has 2 rings (SSSR count). The maximum absolute atomic E-state index is 11.4. The molecule has 1 aromatic rings. The first-order valence-corrected chi connectivity index (χ1v) is 6.56. The Hall–Kier alpha value is -1.95. The number of ether oxygens (including phenoxy) is 2. The van der Waals surface area contributed by atoms with Crippen molar-refractivity contribution in [2.45, 2.75) is 18.8 Å². The third-order valence-corrected chi connectivity index (χ3v) is 3.16. The molecule has 0 saturated heterocycles. The minimum absolute atomic E-state index is 0.313. The molecule has 0 radical (unpaired) electrons. The Morgan fingerprint density at radius 2 is 2.00 bits per heavy atom. The quantitative estimate of drug-likeness (QED) is 0.349. The summed E-state index contributed by atoms with van der Waals surface area (Å²) in [6, 6.07) is 9.67. The molecule has 0 aromatic heterocycles. The highest BCUT2D eigenvalue weighted by Crippen LogP contribution is 2.27. The molecule has 1 aliphatic rings. The predicted molar refractivity (Wildman–Crippen MR) is 75.9 cm³/mol. The van der Waals surface area contributed by atoms with Crippen molar-refractivity contribution in [1.29, 1.82) is 0 Å². The molecule has 0 saturated carbocycles. The minimum atomic E-state index is -1.02. The molecule has 0 heterocycles. The smallest absolute Gasteiger partial charge is 0.337 e. The lowest BCUT2D eigenvalue weighted by molar-refractivity contribution is -0.413. The van der Waals surface area contributed by atoms with Crippen LogP contribution in [0.4, 0.5) is 0 Å². The number of esters is 1. The first-order valence-electron chi connectivity index (χ1n) is 6.56. The van der Waals surface area contributed by atoms with Gasteiger partial charge in [-0.2, -0.15) is 4.89 Å². The standard InChI is InChI=1S/C16H18O5/c1-18-15(17)14-8-10-16(19-2,11-9-14)21-20-12-13-6-4-3-5-7-13/h3-10H,11-12H2,1-2H3. The Morgan fingerprint density at radius 3 is 2.57 bits per heavy atom. The zero-order valence-corrected chi connectivity index (χ0v) is 12.1. The van der Waals surface area contributed by atoms with Crippen LogP contribution in [0.5, 0.6) is 0 Å². The van der Waals surface area contributed by atoms with Gasteiger partial charge in [0.05, 0.1) is 12.7 Å². The third kappa shape index (κ3) is 4.01. The topological polar surface area (TPSA) is 54.0 Å². The van der Waals surface area contributed by atoms with E-state index in [4.69, 9.17) is 14.5 Å². The maximum Gasteiger partial charge on any atom is 0.337 e. The summed E-state index contributed by atoms with van der Waals surface area (Å²) >= 11 is 0. The van der Waals surface area contributed by atoms with Gasteiger partial charge in [-0.1, -0.05) is 36.4 Å². The van der Waals surface area contributed by atoms with Crippen LogP contribution in [0.15, 0.2) is 54.1 Å². The van der Waals surface area contributed by atoms with Crippen LogP contribution < -0.4 is 0 Å². The van der Waals surface area contributed by atoms with Crippen molar-refractivity contribution in [2.24, 2.45) is 0 Å². The average molecular weight is 290 g/mol. The first-order chi connectivity index (χ1) is 10.2. The van der Waals surface area contributed by atoms with E-state index < -0.39 is 5.79 Å². The molecule has 0 spiro atoms. The van der Waals surface area contributed by atoms with E-state index in [9.17, 15) is 4.79 Å². The fraction of sp³-hybridized carbons (Fsp3) is 0.312. The fourth-order valence-corrected chi connectivity index (χ4v) is 1.89. The molecule has 0 fully saturated rings. The average Bonchev–Trinajstić information content (AvgIpc) is 2.56. The molecule has 1 aliphatic carbocycles. The number of hydrogen-bond donors (Lipinski definition) is 0. The van der Waals surface area contributed by atoms with Crippen LogP contribution in [0.25, 0.3) is 0 Å². The van der Waals surface area contributed by atoms with Gasteiger partial charge in [-0.25, -0.2) is 9.68 Å². The van der Waals surface area contributed by atoms with Gasteiger partial charge in [0.25, 0.3) is 0 Å². The molecule has 0 N–H and O–H groups in total. The van der Waals surface area contributed by atoms with E-state index in [-0.39, 0.29) is 5.97 Å². The third-order valence-electron chi connectivity index (χ3n) is 3.16. The Morgan fingerprint density at radius 1 is 1.24 bits per heavy atom. The maximum atomic E-state index is 11.4. The molecule has 5 nitrogen and oxygen atoms in total. The van der Waals surface area contributed by atoms with E-state index in [2.05, 4.69) is 4.74 Å². The highest BCUT2D eigenvalue weighted by atomic mass is 17.2. The largest absolute Gasteiger partial charge is 0.465 e. The lowest BCUT2D eigenvalue weighted by Gasteiger charge is -2.28. The van der Waals surface area contributed by atoms with E-state index in [0.29, 0.717) is 18.6 Å². The number of carbonyl (C=O) groups excluding carboxylic acids is 1.